The number of H-pyrrole nitrogens is 1. The molecule has 2 aromatic heterocycles. The number of hydrogen-bond acceptors (Lipinski definition) is 4. The third-order valence-electron chi connectivity index (χ3n) is 3.94. The van der Waals surface area contributed by atoms with Crippen LogP contribution in [0.5, 0.6) is 0 Å². The molecular formula is C19H22FN5. The van der Waals surface area contributed by atoms with Gasteiger partial charge in [-0.15, -0.1) is 0 Å². The Morgan fingerprint density at radius 1 is 1.04 bits per heavy atom. The lowest BCUT2D eigenvalue weighted by molar-refractivity contribution is 0.405. The summed E-state index contributed by atoms with van der Waals surface area (Å²) < 4.78 is 13.2. The Hall–Kier alpha value is -2.73. The number of hydrogen-bond donors (Lipinski definition) is 2. The fourth-order valence-corrected chi connectivity index (χ4v) is 2.69. The first-order valence-electron chi connectivity index (χ1n) is 8.28. The van der Waals surface area contributed by atoms with Crippen molar-refractivity contribution in [3.8, 4) is 22.4 Å². The van der Waals surface area contributed by atoms with E-state index in [2.05, 4.69) is 39.5 Å². The van der Waals surface area contributed by atoms with E-state index in [1.165, 1.54) is 12.1 Å². The minimum atomic E-state index is -0.258. The molecule has 1 aromatic carbocycles. The van der Waals surface area contributed by atoms with Crippen LogP contribution in [0.3, 0.4) is 0 Å². The van der Waals surface area contributed by atoms with Crippen molar-refractivity contribution in [3.05, 3.63) is 54.6 Å². The second-order valence-corrected chi connectivity index (χ2v) is 6.15. The van der Waals surface area contributed by atoms with Crippen molar-refractivity contribution < 1.29 is 4.39 Å². The van der Waals surface area contributed by atoms with E-state index in [1.807, 2.05) is 12.1 Å². The Balaban J connectivity index is 1.92. The van der Waals surface area contributed by atoms with Gasteiger partial charge >= 0.3 is 0 Å². The molecule has 0 aliphatic carbocycles. The molecule has 0 aliphatic heterocycles. The molecule has 2 heterocycles. The van der Waals surface area contributed by atoms with E-state index in [-0.39, 0.29) is 5.82 Å². The Kier molecular flexibility index (Phi) is 5.40. The van der Waals surface area contributed by atoms with Crippen molar-refractivity contribution in [1.29, 1.82) is 0 Å². The number of nitrogens with zero attached hydrogens (tertiary/aromatic N) is 3. The first-order valence-corrected chi connectivity index (χ1v) is 8.28. The van der Waals surface area contributed by atoms with Crippen LogP contribution < -0.4 is 5.32 Å². The average molecular weight is 339 g/mol. The molecule has 0 bridgehead atoms. The van der Waals surface area contributed by atoms with Crippen LogP contribution in [0.1, 0.15) is 6.42 Å². The van der Waals surface area contributed by atoms with Gasteiger partial charge in [-0.1, -0.05) is 0 Å². The first-order chi connectivity index (χ1) is 12.1. The summed E-state index contributed by atoms with van der Waals surface area (Å²) >= 11 is 0. The SMILES string of the molecule is CN(C)CCCNc1[nH]nc(-c2ccc(F)cc2)c1-c1ccncc1. The van der Waals surface area contributed by atoms with Crippen LogP contribution >= 0.6 is 0 Å². The number of rotatable bonds is 7. The lowest BCUT2D eigenvalue weighted by Gasteiger charge is -2.11. The van der Waals surface area contributed by atoms with Crippen molar-refractivity contribution in [3.63, 3.8) is 0 Å². The van der Waals surface area contributed by atoms with Crippen molar-refractivity contribution in [1.82, 2.24) is 20.1 Å². The van der Waals surface area contributed by atoms with Gasteiger partial charge in [-0.25, -0.2) is 4.39 Å². The van der Waals surface area contributed by atoms with E-state index < -0.39 is 0 Å². The lowest BCUT2D eigenvalue weighted by Crippen LogP contribution is -2.16. The normalized spacial score (nSPS) is 11.0. The summed E-state index contributed by atoms with van der Waals surface area (Å²) in [6.45, 7) is 1.85. The molecule has 0 radical (unpaired) electrons. The van der Waals surface area contributed by atoms with Gasteiger partial charge in [0, 0.05) is 24.5 Å². The zero-order valence-electron chi connectivity index (χ0n) is 14.5. The third-order valence-corrected chi connectivity index (χ3v) is 3.94. The molecule has 2 N–H and O–H groups in total. The molecule has 0 atom stereocenters. The Labute approximate surface area is 146 Å². The molecule has 130 valence electrons. The van der Waals surface area contributed by atoms with Crippen molar-refractivity contribution in [2.24, 2.45) is 0 Å². The monoisotopic (exact) mass is 339 g/mol. The van der Waals surface area contributed by atoms with Crippen molar-refractivity contribution >= 4 is 5.82 Å². The summed E-state index contributed by atoms with van der Waals surface area (Å²) in [5, 5.41) is 11.0. The number of aromatic nitrogens is 3. The van der Waals surface area contributed by atoms with Crippen LogP contribution in [0.4, 0.5) is 10.2 Å². The summed E-state index contributed by atoms with van der Waals surface area (Å²) in [5.41, 5.74) is 3.64. The zero-order valence-corrected chi connectivity index (χ0v) is 14.5. The van der Waals surface area contributed by atoms with Gasteiger partial charge in [-0.3, -0.25) is 10.1 Å². The van der Waals surface area contributed by atoms with E-state index in [1.54, 1.807) is 24.5 Å². The topological polar surface area (TPSA) is 56.8 Å². The smallest absolute Gasteiger partial charge is 0.130 e. The van der Waals surface area contributed by atoms with Crippen molar-refractivity contribution in [2.45, 2.75) is 6.42 Å². The maximum Gasteiger partial charge on any atom is 0.130 e. The van der Waals surface area contributed by atoms with Gasteiger partial charge in [0.05, 0.1) is 5.56 Å². The molecule has 0 unspecified atom stereocenters. The number of pyridine rings is 1. The number of anilines is 1. The van der Waals surface area contributed by atoms with Gasteiger partial charge in [0.15, 0.2) is 0 Å². The Bertz CT molecular complexity index is 796. The van der Waals surface area contributed by atoms with Crippen LogP contribution in [-0.4, -0.2) is 47.3 Å². The van der Waals surface area contributed by atoms with Crippen molar-refractivity contribution in [2.75, 3.05) is 32.5 Å². The van der Waals surface area contributed by atoms with Gasteiger partial charge in [0.1, 0.15) is 17.3 Å². The second kappa shape index (κ2) is 7.90. The molecule has 0 aliphatic rings. The molecule has 0 saturated heterocycles. The zero-order chi connectivity index (χ0) is 17.6. The highest BCUT2D eigenvalue weighted by atomic mass is 19.1. The molecule has 6 heteroatoms. The van der Waals surface area contributed by atoms with E-state index in [0.29, 0.717) is 0 Å². The summed E-state index contributed by atoms with van der Waals surface area (Å²) in [6, 6.07) is 10.3. The largest absolute Gasteiger partial charge is 0.370 e. The Morgan fingerprint density at radius 2 is 1.76 bits per heavy atom. The van der Waals surface area contributed by atoms with Gasteiger partial charge < -0.3 is 10.2 Å². The summed E-state index contributed by atoms with van der Waals surface area (Å²) in [6.07, 6.45) is 4.53. The van der Waals surface area contributed by atoms with Gasteiger partial charge in [-0.05, 0) is 69.0 Å². The number of nitrogens with one attached hydrogen (secondary N) is 2. The fraction of sp³-hybridized carbons (Fsp3) is 0.263. The fourth-order valence-electron chi connectivity index (χ4n) is 2.69. The minimum Gasteiger partial charge on any atom is -0.370 e. The molecule has 0 saturated carbocycles. The van der Waals surface area contributed by atoms with E-state index >= 15 is 0 Å². The second-order valence-electron chi connectivity index (χ2n) is 6.15. The van der Waals surface area contributed by atoms with E-state index in [9.17, 15) is 4.39 Å². The summed E-state index contributed by atoms with van der Waals surface area (Å²) in [4.78, 5) is 6.24. The first kappa shape index (κ1) is 17.1. The number of aromatic amines is 1. The quantitative estimate of drug-likeness (QED) is 0.645. The molecule has 25 heavy (non-hydrogen) atoms. The predicted molar refractivity (Wildman–Crippen MR) is 98.9 cm³/mol. The van der Waals surface area contributed by atoms with Crippen LogP contribution in [0.15, 0.2) is 48.8 Å². The molecule has 3 aromatic rings. The highest BCUT2D eigenvalue weighted by molar-refractivity contribution is 5.88. The summed E-state index contributed by atoms with van der Waals surface area (Å²) in [5.74, 6) is 0.607. The van der Waals surface area contributed by atoms with Crippen LogP contribution in [0.2, 0.25) is 0 Å². The molecule has 0 fully saturated rings. The standard InChI is InChI=1S/C19H22FN5/c1-25(2)13-3-10-22-19-17(14-8-11-21-12-9-14)18(23-24-19)15-4-6-16(20)7-5-15/h4-9,11-12H,3,10,13H2,1-2H3,(H2,22,23,24). The number of halogens is 1. The highest BCUT2D eigenvalue weighted by Gasteiger charge is 2.16. The molecule has 0 amide bonds. The molecular weight excluding hydrogens is 317 g/mol. The van der Waals surface area contributed by atoms with E-state index in [4.69, 9.17) is 0 Å². The van der Waals surface area contributed by atoms with Crippen LogP contribution in [0.25, 0.3) is 22.4 Å². The molecule has 3 rings (SSSR count). The minimum absolute atomic E-state index is 0.258. The van der Waals surface area contributed by atoms with Gasteiger partial charge in [-0.2, -0.15) is 5.10 Å². The lowest BCUT2D eigenvalue weighted by atomic mass is 10.0. The maximum absolute atomic E-state index is 13.2. The predicted octanol–water partition coefficient (Wildman–Crippen LogP) is 3.64. The average Bonchev–Trinajstić information content (AvgIpc) is 3.04. The Morgan fingerprint density at radius 3 is 2.44 bits per heavy atom. The maximum atomic E-state index is 13.2. The highest BCUT2D eigenvalue weighted by Crippen LogP contribution is 2.35. The van der Waals surface area contributed by atoms with Crippen LogP contribution in [-0.2, 0) is 0 Å². The van der Waals surface area contributed by atoms with Gasteiger partial charge in [0.2, 0.25) is 0 Å². The molecule has 5 nitrogen and oxygen atoms in total. The number of benzene rings is 1. The van der Waals surface area contributed by atoms with Gasteiger partial charge in [0.25, 0.3) is 0 Å². The van der Waals surface area contributed by atoms with E-state index in [0.717, 1.165) is 47.7 Å². The third kappa shape index (κ3) is 4.22. The molecule has 0 spiro atoms. The summed E-state index contributed by atoms with van der Waals surface area (Å²) in [7, 11) is 4.12. The van der Waals surface area contributed by atoms with Crippen LogP contribution in [0, 0.1) is 5.82 Å².